The molecule has 1 amide bonds. The van der Waals surface area contributed by atoms with Crippen molar-refractivity contribution < 1.29 is 39.5 Å². The fraction of sp³-hybridized carbons (Fsp3) is 0.347. The van der Waals surface area contributed by atoms with Crippen LogP contribution in [0, 0.1) is 5.92 Å². The van der Waals surface area contributed by atoms with Gasteiger partial charge in [-0.2, -0.15) is 0 Å². The van der Waals surface area contributed by atoms with Crippen LogP contribution < -0.4 is 15.0 Å². The summed E-state index contributed by atoms with van der Waals surface area (Å²) in [7, 11) is 0. The summed E-state index contributed by atoms with van der Waals surface area (Å²) >= 11 is 0. The second kappa shape index (κ2) is 15.8. The number of nitrogens with zero attached hydrogens (tertiary/aromatic N) is 7. The molecule has 7 heterocycles. The Morgan fingerprint density at radius 1 is 0.969 bits per heavy atom. The number of aromatic hydroxyl groups is 3. The van der Waals surface area contributed by atoms with E-state index in [1.165, 1.54) is 10.6 Å². The molecule has 1 saturated heterocycles. The third-order valence-corrected chi connectivity index (χ3v) is 13.6. The zero-order valence-electron chi connectivity index (χ0n) is 36.5. The lowest BCUT2D eigenvalue weighted by Crippen LogP contribution is -2.45. The molecule has 16 heteroatoms. The number of likely N-dealkylation sites (tertiary alicyclic amines) is 1. The Kier molecular flexibility index (Phi) is 10.2. The van der Waals surface area contributed by atoms with Crippen LogP contribution in [0.3, 0.4) is 0 Å². The molecular weight excluding hydrogens is 831 g/mol. The van der Waals surface area contributed by atoms with Crippen LogP contribution in [0.5, 0.6) is 29.0 Å². The van der Waals surface area contributed by atoms with Gasteiger partial charge in [0.15, 0.2) is 23.8 Å². The van der Waals surface area contributed by atoms with Gasteiger partial charge in [-0.05, 0) is 110 Å². The molecule has 1 unspecified atom stereocenters. The van der Waals surface area contributed by atoms with E-state index in [0.717, 1.165) is 53.2 Å². The van der Waals surface area contributed by atoms with Crippen LogP contribution in [0.25, 0.3) is 50.3 Å². The van der Waals surface area contributed by atoms with E-state index in [-0.39, 0.29) is 60.1 Å². The number of carbonyl (C=O) groups is 2. The highest BCUT2D eigenvalue weighted by Gasteiger charge is 2.45. The first kappa shape index (κ1) is 41.8. The average Bonchev–Trinajstić information content (AvgIpc) is 4.00. The normalized spacial score (nSPS) is 17.1. The zero-order valence-corrected chi connectivity index (χ0v) is 36.5. The quantitative estimate of drug-likeness (QED) is 0.113. The number of pyridine rings is 2. The van der Waals surface area contributed by atoms with E-state index in [9.17, 15) is 34.8 Å². The predicted octanol–water partition coefficient (Wildman–Crippen LogP) is 7.29. The van der Waals surface area contributed by atoms with Gasteiger partial charge < -0.3 is 39.4 Å². The van der Waals surface area contributed by atoms with E-state index >= 15 is 0 Å². The molecule has 4 N–H and O–H groups in total. The highest BCUT2D eigenvalue weighted by Crippen LogP contribution is 2.43. The van der Waals surface area contributed by atoms with Crippen LogP contribution in [-0.2, 0) is 29.9 Å². The second-order valence-electron chi connectivity index (χ2n) is 17.6. The smallest absolute Gasteiger partial charge is 0.415 e. The minimum Gasteiger partial charge on any atom is -0.508 e. The van der Waals surface area contributed by atoms with Gasteiger partial charge >= 0.3 is 12.1 Å². The summed E-state index contributed by atoms with van der Waals surface area (Å²) in [4.78, 5) is 46.6. The van der Waals surface area contributed by atoms with Gasteiger partial charge in [0, 0.05) is 59.3 Å². The molecule has 3 aromatic carbocycles. The largest absolute Gasteiger partial charge is 0.508 e. The molecule has 1 fully saturated rings. The fourth-order valence-electron chi connectivity index (χ4n) is 9.91. The van der Waals surface area contributed by atoms with Crippen molar-refractivity contribution in [2.45, 2.75) is 84.4 Å². The Labute approximate surface area is 372 Å². The highest BCUT2D eigenvalue weighted by molar-refractivity contribution is 5.93. The topological polar surface area (TPSA) is 207 Å². The molecule has 0 bridgehead atoms. The van der Waals surface area contributed by atoms with Gasteiger partial charge in [-0.25, -0.2) is 14.3 Å². The number of ketones is 1. The molecular formula is C49H49N7O9. The molecule has 0 radical (unpaired) electrons. The second-order valence-corrected chi connectivity index (χ2v) is 17.6. The molecule has 10 rings (SSSR count). The monoisotopic (exact) mass is 879 g/mol. The standard InChI is InChI=1S/C49H49N7O9/c1-5-31-33-20-30(8-9-37(33)50-43-35(31)24-55-39(43)22-36-44(46(55)60)64-25-42(59)49(36,63)6-2)65-48(62)54-16-12-27(13-17-54)11-15-53-18-14-28-19-29(7-10-38(28)53)56-45(51-52-47(56)61)34-21-32(26(3)4)40(57)23-41(34)58/h7-10,14,18-23,26-27,57-58,63H,5-6,11-13,15-17,24-25H2,1-4H3,(H,52,61). The molecule has 0 spiro atoms. The molecule has 3 aliphatic heterocycles. The number of aromatic nitrogens is 6. The number of carbonyl (C=O) groups excluding carboxylic acids is 2. The van der Waals surface area contributed by atoms with Gasteiger partial charge in [-0.3, -0.25) is 14.2 Å². The summed E-state index contributed by atoms with van der Waals surface area (Å²) in [5.74, 6) is 0.366. The van der Waals surface area contributed by atoms with E-state index in [2.05, 4.69) is 14.8 Å². The lowest BCUT2D eigenvalue weighted by Gasteiger charge is -2.32. The summed E-state index contributed by atoms with van der Waals surface area (Å²) < 4.78 is 16.8. The van der Waals surface area contributed by atoms with E-state index in [1.54, 1.807) is 34.6 Å². The number of fused-ring (bicyclic) bond motifs is 6. The maximum absolute atomic E-state index is 13.7. The zero-order chi connectivity index (χ0) is 45.5. The first-order chi connectivity index (χ1) is 31.3. The Bertz CT molecular complexity index is 3160. The number of hydrogen-bond donors (Lipinski definition) is 4. The molecule has 65 heavy (non-hydrogen) atoms. The molecule has 1 atom stereocenters. The Balaban J connectivity index is 0.795. The first-order valence-corrected chi connectivity index (χ1v) is 22.2. The minimum absolute atomic E-state index is 0.00424. The van der Waals surface area contributed by atoms with Crippen LogP contribution in [-0.4, -0.2) is 85.8 Å². The first-order valence-electron chi connectivity index (χ1n) is 22.2. The maximum Gasteiger partial charge on any atom is 0.415 e. The van der Waals surface area contributed by atoms with E-state index in [0.29, 0.717) is 64.9 Å². The third-order valence-electron chi connectivity index (χ3n) is 13.6. The molecule has 4 aromatic heterocycles. The maximum atomic E-state index is 13.7. The van der Waals surface area contributed by atoms with Crippen molar-refractivity contribution in [3.05, 3.63) is 99.5 Å². The van der Waals surface area contributed by atoms with Crippen LogP contribution in [0.2, 0.25) is 0 Å². The number of Topliss-reactive ketones (excluding diaryl/α,β-unsaturated/α-hetero) is 1. The lowest BCUT2D eigenvalue weighted by molar-refractivity contribution is -0.143. The lowest BCUT2D eigenvalue weighted by atomic mass is 9.85. The number of amides is 1. The number of phenols is 2. The van der Waals surface area contributed by atoms with Crippen molar-refractivity contribution in [3.63, 3.8) is 0 Å². The van der Waals surface area contributed by atoms with E-state index in [4.69, 9.17) is 14.5 Å². The van der Waals surface area contributed by atoms with Gasteiger partial charge in [0.2, 0.25) is 5.78 Å². The van der Waals surface area contributed by atoms with Gasteiger partial charge in [0.1, 0.15) is 17.2 Å². The molecule has 16 nitrogen and oxygen atoms in total. The van der Waals surface area contributed by atoms with Gasteiger partial charge in [-0.1, -0.05) is 32.8 Å². The molecule has 0 saturated carbocycles. The van der Waals surface area contributed by atoms with Gasteiger partial charge in [0.25, 0.3) is 5.56 Å². The number of benzene rings is 3. The van der Waals surface area contributed by atoms with Crippen molar-refractivity contribution in [1.29, 1.82) is 0 Å². The number of hydrogen-bond acceptors (Lipinski definition) is 12. The van der Waals surface area contributed by atoms with Gasteiger partial charge in [0.05, 0.1) is 34.7 Å². The molecule has 334 valence electrons. The molecule has 7 aromatic rings. The van der Waals surface area contributed by atoms with Crippen molar-refractivity contribution in [3.8, 4) is 57.5 Å². The van der Waals surface area contributed by atoms with Crippen molar-refractivity contribution >= 4 is 33.7 Å². The number of aliphatic hydroxyl groups is 1. The Hall–Kier alpha value is -7.20. The number of aryl methyl sites for hydroxylation is 2. The minimum atomic E-state index is -1.81. The predicted molar refractivity (Wildman–Crippen MR) is 241 cm³/mol. The number of phenolic OH excluding ortho intramolecular Hbond substituents is 2. The third kappa shape index (κ3) is 6.85. The SMILES string of the molecule is CCc1c2c(nc3ccc(OC(=O)N4CCC(CCn5ccc6cc(-n7c(O)nnc7-c7cc(C(C)C)c(O)cc7O)ccc65)CC4)cc13)-c1cc3c(c(=O)n1C2)OCC(=O)C3(O)CC. The van der Waals surface area contributed by atoms with Crippen LogP contribution in [0.1, 0.15) is 81.5 Å². The van der Waals surface area contributed by atoms with Crippen LogP contribution in [0.15, 0.2) is 71.7 Å². The Morgan fingerprint density at radius 3 is 2.52 bits per heavy atom. The van der Waals surface area contributed by atoms with Crippen molar-refractivity contribution in [2.75, 3.05) is 19.7 Å². The number of ether oxygens (including phenoxy) is 2. The molecule has 0 aliphatic carbocycles. The average molecular weight is 880 g/mol. The van der Waals surface area contributed by atoms with E-state index < -0.39 is 23.0 Å². The summed E-state index contributed by atoms with van der Waals surface area (Å²) in [6.07, 6.45) is 4.97. The summed E-state index contributed by atoms with van der Waals surface area (Å²) in [6, 6.07) is 17.5. The van der Waals surface area contributed by atoms with Crippen LogP contribution in [0.4, 0.5) is 4.79 Å². The Morgan fingerprint density at radius 2 is 1.77 bits per heavy atom. The fourth-order valence-corrected chi connectivity index (χ4v) is 9.91. The van der Waals surface area contributed by atoms with Crippen molar-refractivity contribution in [2.24, 2.45) is 5.92 Å². The van der Waals surface area contributed by atoms with E-state index in [1.807, 2.05) is 63.4 Å². The summed E-state index contributed by atoms with van der Waals surface area (Å²) in [5, 5.41) is 53.0. The van der Waals surface area contributed by atoms with Gasteiger partial charge in [-0.15, -0.1) is 5.10 Å². The number of rotatable bonds is 9. The van der Waals surface area contributed by atoms with Crippen LogP contribution >= 0.6 is 0 Å². The summed E-state index contributed by atoms with van der Waals surface area (Å²) in [6.45, 7) is 9.43. The summed E-state index contributed by atoms with van der Waals surface area (Å²) in [5.41, 5.74) is 4.22. The van der Waals surface area contributed by atoms with Crippen molar-refractivity contribution in [1.82, 2.24) is 33.8 Å². The molecule has 3 aliphatic rings. The highest BCUT2D eigenvalue weighted by atomic mass is 16.6. The number of piperidine rings is 1.